The number of nitrogens with two attached hydrogens (primary N) is 1. The number of nitriles is 1. The lowest BCUT2D eigenvalue weighted by atomic mass is 9.83. The number of hydrogen-bond donors (Lipinski definition) is 1. The van der Waals surface area contributed by atoms with E-state index in [0.29, 0.717) is 35.0 Å². The molecule has 3 aromatic rings. The van der Waals surface area contributed by atoms with Crippen molar-refractivity contribution in [1.82, 2.24) is 0 Å². The van der Waals surface area contributed by atoms with Crippen LogP contribution in [0.2, 0.25) is 0 Å². The lowest BCUT2D eigenvalue weighted by molar-refractivity contribution is 0.0729. The van der Waals surface area contributed by atoms with Gasteiger partial charge in [-0.05, 0) is 35.9 Å². The molecule has 0 fully saturated rings. The monoisotopic (exact) mass is 472 g/mol. The molecule has 0 amide bonds. The molecule has 3 aromatic carbocycles. The van der Waals surface area contributed by atoms with Crippen LogP contribution in [0.1, 0.15) is 27.4 Å². The van der Waals surface area contributed by atoms with Gasteiger partial charge in [0.2, 0.25) is 5.88 Å². The predicted molar refractivity (Wildman–Crippen MR) is 126 cm³/mol. The Balaban J connectivity index is 1.70. The van der Waals surface area contributed by atoms with Gasteiger partial charge in [-0.2, -0.15) is 5.26 Å². The summed E-state index contributed by atoms with van der Waals surface area (Å²) in [6.45, 7) is 3.94. The van der Waals surface area contributed by atoms with Gasteiger partial charge in [-0.1, -0.05) is 36.9 Å². The summed E-state index contributed by atoms with van der Waals surface area (Å²) in [7, 11) is 1.52. The third-order valence-corrected chi connectivity index (χ3v) is 5.37. The van der Waals surface area contributed by atoms with E-state index in [1.54, 1.807) is 36.4 Å². The van der Waals surface area contributed by atoms with Gasteiger partial charge in [0.25, 0.3) is 0 Å². The van der Waals surface area contributed by atoms with Crippen LogP contribution in [0.4, 0.5) is 4.39 Å². The van der Waals surface area contributed by atoms with Crippen LogP contribution in [-0.4, -0.2) is 19.7 Å². The largest absolute Gasteiger partial charge is 0.493 e. The molecule has 8 heteroatoms. The number of allylic oxidation sites excluding steroid dienone is 1. The number of esters is 1. The second kappa shape index (κ2) is 10.0. The molecule has 4 rings (SSSR count). The minimum Gasteiger partial charge on any atom is -0.493 e. The van der Waals surface area contributed by atoms with Crippen molar-refractivity contribution in [3.8, 4) is 29.1 Å². The fourth-order valence-electron chi connectivity index (χ4n) is 3.76. The van der Waals surface area contributed by atoms with Gasteiger partial charge in [-0.3, -0.25) is 0 Å². The molecule has 35 heavy (non-hydrogen) atoms. The standard InChI is InChI=1S/C27H21FN2O5/c1-3-12-33-22-11-8-16(13-24(22)32-2)25-19-10-9-17(14-23(19)35-26(30)20(25)15-29)34-27(31)18-6-4-5-7-21(18)28/h3-11,13-14,25H,1,12,30H2,2H3. The summed E-state index contributed by atoms with van der Waals surface area (Å²) in [4.78, 5) is 12.4. The average Bonchev–Trinajstić information content (AvgIpc) is 2.86. The van der Waals surface area contributed by atoms with Gasteiger partial charge in [0.15, 0.2) is 11.5 Å². The Labute approximate surface area is 201 Å². The number of carbonyl (C=O) groups excluding carboxylic acids is 1. The van der Waals surface area contributed by atoms with Gasteiger partial charge in [0, 0.05) is 11.6 Å². The van der Waals surface area contributed by atoms with E-state index in [1.807, 2.05) is 0 Å². The lowest BCUT2D eigenvalue weighted by Crippen LogP contribution is -2.21. The van der Waals surface area contributed by atoms with Crippen LogP contribution >= 0.6 is 0 Å². The highest BCUT2D eigenvalue weighted by atomic mass is 19.1. The van der Waals surface area contributed by atoms with E-state index in [-0.39, 0.29) is 22.8 Å². The van der Waals surface area contributed by atoms with Gasteiger partial charge in [-0.25, -0.2) is 9.18 Å². The zero-order valence-electron chi connectivity index (χ0n) is 18.8. The molecule has 176 valence electrons. The zero-order valence-corrected chi connectivity index (χ0v) is 18.8. The molecule has 0 saturated carbocycles. The highest BCUT2D eigenvalue weighted by molar-refractivity contribution is 5.91. The van der Waals surface area contributed by atoms with E-state index in [1.165, 1.54) is 37.4 Å². The molecule has 7 nitrogen and oxygen atoms in total. The normalized spacial score (nSPS) is 14.3. The van der Waals surface area contributed by atoms with Crippen molar-refractivity contribution in [2.24, 2.45) is 5.73 Å². The molecule has 1 atom stereocenters. The van der Waals surface area contributed by atoms with Crippen LogP contribution in [0, 0.1) is 17.1 Å². The summed E-state index contributed by atoms with van der Waals surface area (Å²) < 4.78 is 36.0. The van der Waals surface area contributed by atoms with E-state index in [2.05, 4.69) is 12.6 Å². The maximum atomic E-state index is 13.9. The Morgan fingerprint density at radius 2 is 2.00 bits per heavy atom. The number of nitrogens with zero attached hydrogens (tertiary/aromatic N) is 1. The highest BCUT2D eigenvalue weighted by Crippen LogP contribution is 2.45. The average molecular weight is 472 g/mol. The number of halogens is 1. The predicted octanol–water partition coefficient (Wildman–Crippen LogP) is 4.84. The summed E-state index contributed by atoms with van der Waals surface area (Å²) in [5.41, 5.74) is 7.44. The summed E-state index contributed by atoms with van der Waals surface area (Å²) in [6, 6.07) is 17.6. The number of hydrogen-bond acceptors (Lipinski definition) is 7. The number of rotatable bonds is 7. The smallest absolute Gasteiger partial charge is 0.346 e. The topological polar surface area (TPSA) is 104 Å². The maximum Gasteiger partial charge on any atom is 0.346 e. The summed E-state index contributed by atoms with van der Waals surface area (Å²) in [5.74, 6) is -0.747. The molecule has 0 saturated heterocycles. The van der Waals surface area contributed by atoms with Crippen LogP contribution in [0.3, 0.4) is 0 Å². The van der Waals surface area contributed by atoms with Crippen molar-refractivity contribution in [1.29, 1.82) is 5.26 Å². The Bertz CT molecular complexity index is 1380. The van der Waals surface area contributed by atoms with Gasteiger partial charge >= 0.3 is 5.97 Å². The van der Waals surface area contributed by atoms with E-state index < -0.39 is 17.7 Å². The second-order valence-corrected chi connectivity index (χ2v) is 7.50. The zero-order chi connectivity index (χ0) is 24.9. The minimum atomic E-state index is -0.850. The summed E-state index contributed by atoms with van der Waals surface area (Å²) in [5, 5.41) is 9.80. The third kappa shape index (κ3) is 4.66. The Morgan fingerprint density at radius 1 is 1.20 bits per heavy atom. The summed E-state index contributed by atoms with van der Waals surface area (Å²) in [6.07, 6.45) is 1.62. The maximum absolute atomic E-state index is 13.9. The van der Waals surface area contributed by atoms with Crippen molar-refractivity contribution in [2.75, 3.05) is 13.7 Å². The van der Waals surface area contributed by atoms with Crippen molar-refractivity contribution >= 4 is 5.97 Å². The molecule has 0 bridgehead atoms. The van der Waals surface area contributed by atoms with E-state index >= 15 is 0 Å². The van der Waals surface area contributed by atoms with Gasteiger partial charge in [0.1, 0.15) is 35.6 Å². The first-order valence-electron chi connectivity index (χ1n) is 10.6. The highest BCUT2D eigenvalue weighted by Gasteiger charge is 2.32. The third-order valence-electron chi connectivity index (χ3n) is 5.37. The van der Waals surface area contributed by atoms with Crippen molar-refractivity contribution in [3.63, 3.8) is 0 Å². The van der Waals surface area contributed by atoms with Crippen molar-refractivity contribution < 1.29 is 28.1 Å². The lowest BCUT2D eigenvalue weighted by Gasteiger charge is -2.27. The molecule has 0 aliphatic carbocycles. The van der Waals surface area contributed by atoms with Crippen LogP contribution in [0.25, 0.3) is 0 Å². The first-order chi connectivity index (χ1) is 17.0. The second-order valence-electron chi connectivity index (χ2n) is 7.50. The van der Waals surface area contributed by atoms with Crippen molar-refractivity contribution in [3.05, 3.63) is 107 Å². The molecular formula is C27H21FN2O5. The van der Waals surface area contributed by atoms with E-state index in [0.717, 1.165) is 0 Å². The first kappa shape index (κ1) is 23.4. The number of benzene rings is 3. The number of methoxy groups -OCH3 is 1. The van der Waals surface area contributed by atoms with E-state index in [9.17, 15) is 14.4 Å². The quantitative estimate of drug-likeness (QED) is 0.298. The Morgan fingerprint density at radius 3 is 2.71 bits per heavy atom. The molecule has 1 heterocycles. The molecule has 1 aliphatic rings. The molecule has 2 N–H and O–H groups in total. The van der Waals surface area contributed by atoms with Crippen LogP contribution in [-0.2, 0) is 0 Å². The van der Waals surface area contributed by atoms with Crippen molar-refractivity contribution in [2.45, 2.75) is 5.92 Å². The van der Waals surface area contributed by atoms with Gasteiger partial charge in [0.05, 0.1) is 18.6 Å². The fourth-order valence-corrected chi connectivity index (χ4v) is 3.76. The minimum absolute atomic E-state index is 0.0754. The van der Waals surface area contributed by atoms with Gasteiger partial charge in [-0.15, -0.1) is 0 Å². The summed E-state index contributed by atoms with van der Waals surface area (Å²) >= 11 is 0. The SMILES string of the molecule is C=CCOc1ccc(C2C(C#N)=C(N)Oc3cc(OC(=O)c4ccccc4F)ccc32)cc1OC. The molecular weight excluding hydrogens is 451 g/mol. The first-order valence-corrected chi connectivity index (χ1v) is 10.6. The van der Waals surface area contributed by atoms with E-state index in [4.69, 9.17) is 24.7 Å². The Kier molecular flexibility index (Phi) is 6.69. The fraction of sp³-hybridized carbons (Fsp3) is 0.111. The van der Waals surface area contributed by atoms with Gasteiger partial charge < -0.3 is 24.7 Å². The van der Waals surface area contributed by atoms with Crippen LogP contribution in [0.5, 0.6) is 23.0 Å². The number of ether oxygens (including phenoxy) is 4. The Hall–Kier alpha value is -4.77. The van der Waals surface area contributed by atoms with Crippen LogP contribution in [0.15, 0.2) is 84.8 Å². The molecule has 0 aromatic heterocycles. The molecule has 1 unspecified atom stereocenters. The molecule has 0 radical (unpaired) electrons. The number of fused-ring (bicyclic) bond motifs is 1. The molecule has 0 spiro atoms. The van der Waals surface area contributed by atoms with Crippen LogP contribution < -0.4 is 24.7 Å². The number of carbonyl (C=O) groups is 1. The molecule has 1 aliphatic heterocycles.